The Morgan fingerprint density at radius 3 is 2.62 bits per heavy atom. The number of amides is 1. The Hall–Kier alpha value is -3.81. The summed E-state index contributed by atoms with van der Waals surface area (Å²) < 4.78 is 5.67. The Morgan fingerprint density at radius 2 is 1.90 bits per heavy atom. The largest absolute Gasteiger partial charge is 0.504 e. The lowest BCUT2D eigenvalue weighted by molar-refractivity contribution is 0.0730. The molecule has 1 aliphatic rings. The quantitative estimate of drug-likeness (QED) is 0.614. The predicted octanol–water partition coefficient (Wildman–Crippen LogP) is 1.78. The molecule has 8 heteroatoms. The third kappa shape index (κ3) is 3.64. The molecular weight excluding hydrogens is 374 g/mol. The second-order valence-corrected chi connectivity index (χ2v) is 6.91. The van der Waals surface area contributed by atoms with Gasteiger partial charge in [0, 0.05) is 18.3 Å². The minimum Gasteiger partial charge on any atom is -0.504 e. The van der Waals surface area contributed by atoms with Crippen molar-refractivity contribution in [2.45, 2.75) is 13.5 Å². The number of ether oxygens (including phenoxy) is 1. The van der Waals surface area contributed by atoms with E-state index in [9.17, 15) is 19.5 Å². The average Bonchev–Trinajstić information content (AvgIpc) is 2.91. The molecule has 2 heterocycles. The Balaban J connectivity index is 1.70. The van der Waals surface area contributed by atoms with Crippen molar-refractivity contribution in [1.82, 2.24) is 14.9 Å². The van der Waals surface area contributed by atoms with Gasteiger partial charge in [0.25, 0.3) is 11.5 Å². The van der Waals surface area contributed by atoms with Crippen LogP contribution >= 0.6 is 0 Å². The van der Waals surface area contributed by atoms with E-state index in [1.807, 2.05) is 37.3 Å². The zero-order valence-corrected chi connectivity index (χ0v) is 15.7. The van der Waals surface area contributed by atoms with Gasteiger partial charge in [-0.15, -0.1) is 0 Å². The number of rotatable bonds is 2. The number of benzene rings is 2. The van der Waals surface area contributed by atoms with Gasteiger partial charge in [0.2, 0.25) is 0 Å². The number of nitrogens with one attached hydrogen (secondary N) is 2. The molecule has 0 aliphatic carbocycles. The van der Waals surface area contributed by atoms with Crippen molar-refractivity contribution in [3.8, 4) is 22.6 Å². The summed E-state index contributed by atoms with van der Waals surface area (Å²) in [5.41, 5.74) is 1.89. The molecule has 8 nitrogen and oxygen atoms in total. The number of aromatic amines is 2. The highest BCUT2D eigenvalue weighted by atomic mass is 16.5. The summed E-state index contributed by atoms with van der Waals surface area (Å²) in [7, 11) is 0. The third-order valence-corrected chi connectivity index (χ3v) is 4.84. The van der Waals surface area contributed by atoms with Crippen LogP contribution in [-0.4, -0.2) is 39.0 Å². The van der Waals surface area contributed by atoms with Gasteiger partial charge in [-0.2, -0.15) is 0 Å². The van der Waals surface area contributed by atoms with E-state index in [0.717, 1.165) is 22.9 Å². The highest BCUT2D eigenvalue weighted by Gasteiger charge is 2.25. The molecule has 1 amide bonds. The fraction of sp³-hybridized carbons (Fsp3) is 0.190. The van der Waals surface area contributed by atoms with Gasteiger partial charge in [0.1, 0.15) is 12.2 Å². The minimum absolute atomic E-state index is 0.00531. The van der Waals surface area contributed by atoms with Crippen LogP contribution < -0.4 is 16.0 Å². The molecule has 0 fully saturated rings. The number of aromatic nitrogens is 2. The van der Waals surface area contributed by atoms with Crippen LogP contribution in [0.3, 0.4) is 0 Å². The second-order valence-electron chi connectivity index (χ2n) is 6.91. The van der Waals surface area contributed by atoms with Crippen LogP contribution in [0, 0.1) is 6.92 Å². The maximum absolute atomic E-state index is 12.8. The van der Waals surface area contributed by atoms with Crippen molar-refractivity contribution in [2.75, 3.05) is 13.2 Å². The van der Waals surface area contributed by atoms with E-state index in [4.69, 9.17) is 4.74 Å². The topological polar surface area (TPSA) is 115 Å². The van der Waals surface area contributed by atoms with E-state index >= 15 is 0 Å². The predicted molar refractivity (Wildman–Crippen MR) is 106 cm³/mol. The molecule has 3 N–H and O–H groups in total. The fourth-order valence-corrected chi connectivity index (χ4v) is 3.32. The monoisotopic (exact) mass is 393 g/mol. The molecule has 0 saturated carbocycles. The van der Waals surface area contributed by atoms with Crippen LogP contribution in [0.4, 0.5) is 0 Å². The van der Waals surface area contributed by atoms with Gasteiger partial charge in [-0.1, -0.05) is 29.8 Å². The van der Waals surface area contributed by atoms with Gasteiger partial charge in [0.15, 0.2) is 11.5 Å². The number of aromatic hydroxyl groups is 1. The molecule has 0 saturated heterocycles. The molecule has 0 spiro atoms. The van der Waals surface area contributed by atoms with E-state index in [2.05, 4.69) is 9.97 Å². The molecule has 4 rings (SSSR count). The van der Waals surface area contributed by atoms with Gasteiger partial charge in [-0.05, 0) is 30.2 Å². The number of hydrogen-bond acceptors (Lipinski definition) is 5. The maximum Gasteiger partial charge on any atom is 0.325 e. The smallest absolute Gasteiger partial charge is 0.325 e. The molecule has 2 aromatic carbocycles. The first kappa shape index (κ1) is 18.5. The van der Waals surface area contributed by atoms with Crippen LogP contribution in [0.5, 0.6) is 11.5 Å². The molecule has 1 aliphatic heterocycles. The lowest BCUT2D eigenvalue weighted by Crippen LogP contribution is -2.37. The zero-order chi connectivity index (χ0) is 20.5. The number of phenolic OH excluding ortho intramolecular Hbond substituents is 1. The summed E-state index contributed by atoms with van der Waals surface area (Å²) >= 11 is 0. The number of carbonyl (C=O) groups is 1. The Morgan fingerprint density at radius 1 is 1.14 bits per heavy atom. The van der Waals surface area contributed by atoms with Gasteiger partial charge in [-0.25, -0.2) is 4.79 Å². The Kier molecular flexibility index (Phi) is 4.67. The number of hydrogen-bond donors (Lipinski definition) is 3. The van der Waals surface area contributed by atoms with E-state index in [0.29, 0.717) is 11.3 Å². The van der Waals surface area contributed by atoms with E-state index < -0.39 is 17.2 Å². The molecule has 0 radical (unpaired) electrons. The summed E-state index contributed by atoms with van der Waals surface area (Å²) in [6.07, 6.45) is 1.11. The van der Waals surface area contributed by atoms with Crippen molar-refractivity contribution >= 4 is 5.91 Å². The molecule has 1 aromatic heterocycles. The van der Waals surface area contributed by atoms with Crippen LogP contribution in [0.15, 0.2) is 52.2 Å². The van der Waals surface area contributed by atoms with Gasteiger partial charge >= 0.3 is 5.69 Å². The lowest BCUT2D eigenvalue weighted by atomic mass is 10.0. The van der Waals surface area contributed by atoms with Gasteiger partial charge in [0.05, 0.1) is 6.54 Å². The molecule has 0 atom stereocenters. The standard InChI is InChI=1S/C21H19N3O5/c1-12-2-4-13(5-3-12)14-8-15-11-24(6-7-29-18(15)17(25)9-14)20(27)16-10-22-21(28)23-19(16)26/h2-5,8-10,25H,6-7,11H2,1H3,(H2,22,23,26,28). The third-order valence-electron chi connectivity index (χ3n) is 4.84. The molecule has 148 valence electrons. The molecule has 3 aromatic rings. The number of aryl methyl sites for hydroxylation is 1. The van der Waals surface area contributed by atoms with E-state index in [-0.39, 0.29) is 31.0 Å². The highest BCUT2D eigenvalue weighted by Crippen LogP contribution is 2.37. The van der Waals surface area contributed by atoms with E-state index in [1.165, 1.54) is 4.90 Å². The van der Waals surface area contributed by atoms with Crippen molar-refractivity contribution in [3.05, 3.63) is 80.1 Å². The first-order chi connectivity index (χ1) is 13.9. The summed E-state index contributed by atoms with van der Waals surface area (Å²) in [6.45, 7) is 2.54. The van der Waals surface area contributed by atoms with Crippen molar-refractivity contribution in [3.63, 3.8) is 0 Å². The van der Waals surface area contributed by atoms with Gasteiger partial charge in [-0.3, -0.25) is 14.6 Å². The first-order valence-electron chi connectivity index (χ1n) is 9.09. The highest BCUT2D eigenvalue weighted by molar-refractivity contribution is 5.93. The number of H-pyrrole nitrogens is 2. The van der Waals surface area contributed by atoms with Gasteiger partial charge < -0.3 is 19.7 Å². The summed E-state index contributed by atoms with van der Waals surface area (Å²) in [5, 5.41) is 10.5. The summed E-state index contributed by atoms with van der Waals surface area (Å²) in [5.74, 6) is -0.208. The molecule has 0 unspecified atom stereocenters. The SMILES string of the molecule is Cc1ccc(-c2cc(O)c3c(c2)CN(C(=O)c2c[nH]c(=O)[nH]c2=O)CCO3)cc1. The normalized spacial score (nSPS) is 13.3. The summed E-state index contributed by atoms with van der Waals surface area (Å²) in [4.78, 5) is 41.8. The van der Waals surface area contributed by atoms with Crippen molar-refractivity contribution in [1.29, 1.82) is 0 Å². The second kappa shape index (κ2) is 7.31. The van der Waals surface area contributed by atoms with Crippen molar-refractivity contribution < 1.29 is 14.6 Å². The maximum atomic E-state index is 12.8. The van der Waals surface area contributed by atoms with Crippen LogP contribution in [0.25, 0.3) is 11.1 Å². The first-order valence-corrected chi connectivity index (χ1v) is 9.09. The van der Waals surface area contributed by atoms with E-state index in [1.54, 1.807) is 6.07 Å². The molecule has 29 heavy (non-hydrogen) atoms. The molecular formula is C21H19N3O5. The Bertz CT molecular complexity index is 1190. The van der Waals surface area contributed by atoms with Crippen molar-refractivity contribution in [2.24, 2.45) is 0 Å². The minimum atomic E-state index is -0.750. The van der Waals surface area contributed by atoms with Crippen LogP contribution in [-0.2, 0) is 6.54 Å². The number of fused-ring (bicyclic) bond motifs is 1. The lowest BCUT2D eigenvalue weighted by Gasteiger charge is -2.19. The van der Waals surface area contributed by atoms with Crippen LogP contribution in [0.1, 0.15) is 21.5 Å². The molecule has 0 bridgehead atoms. The number of nitrogens with zero attached hydrogens (tertiary/aromatic N) is 1. The summed E-state index contributed by atoms with van der Waals surface area (Å²) in [6, 6.07) is 11.4. The number of carbonyl (C=O) groups excluding carboxylic acids is 1. The number of phenols is 1. The van der Waals surface area contributed by atoms with Crippen LogP contribution in [0.2, 0.25) is 0 Å². The zero-order valence-electron chi connectivity index (χ0n) is 15.7. The fourth-order valence-electron chi connectivity index (χ4n) is 3.32. The Labute approximate surface area is 165 Å². The average molecular weight is 393 g/mol.